The van der Waals surface area contributed by atoms with E-state index in [2.05, 4.69) is 4.98 Å². The van der Waals surface area contributed by atoms with Crippen molar-refractivity contribution in [3.8, 4) is 22.5 Å². The third kappa shape index (κ3) is 6.27. The summed E-state index contributed by atoms with van der Waals surface area (Å²) in [6.07, 6.45) is -9.08. The van der Waals surface area contributed by atoms with Crippen molar-refractivity contribution in [3.63, 3.8) is 0 Å². The third-order valence-corrected chi connectivity index (χ3v) is 5.68. The molecule has 194 valence electrons. The number of aryl methyl sites for hydroxylation is 2. The van der Waals surface area contributed by atoms with Gasteiger partial charge in [0.15, 0.2) is 0 Å². The van der Waals surface area contributed by atoms with Gasteiger partial charge in [-0.2, -0.15) is 13.2 Å². The molecule has 1 aromatic heterocycles. The van der Waals surface area contributed by atoms with Crippen LogP contribution in [0.1, 0.15) is 36.2 Å². The number of alkyl halides is 3. The van der Waals surface area contributed by atoms with E-state index in [1.54, 1.807) is 0 Å². The van der Waals surface area contributed by atoms with Crippen molar-refractivity contribution in [2.45, 2.75) is 58.0 Å². The first-order valence-electron chi connectivity index (χ1n) is 11.0. The molecule has 1 heterocycles. The Bertz CT molecular complexity index is 1220. The number of imidazole rings is 1. The van der Waals surface area contributed by atoms with E-state index < -0.39 is 54.8 Å². The van der Waals surface area contributed by atoms with Gasteiger partial charge in [0.2, 0.25) is 5.82 Å². The van der Waals surface area contributed by atoms with Crippen LogP contribution in [0.4, 0.5) is 22.0 Å². The predicted octanol–water partition coefficient (Wildman–Crippen LogP) is 3.77. The number of hydrogen-bond donors (Lipinski definition) is 2. The van der Waals surface area contributed by atoms with Crippen LogP contribution in [0, 0.1) is 25.5 Å². The van der Waals surface area contributed by atoms with Gasteiger partial charge in [-0.3, -0.25) is 0 Å². The molecule has 11 heteroatoms. The Morgan fingerprint density at radius 1 is 1.03 bits per heavy atom. The van der Waals surface area contributed by atoms with Crippen LogP contribution < -0.4 is 5.11 Å². The van der Waals surface area contributed by atoms with Crippen LogP contribution >= 0.6 is 0 Å². The number of hydrogen-bond acceptors (Lipinski definition) is 5. The van der Waals surface area contributed by atoms with Crippen LogP contribution in [0.2, 0.25) is 0 Å². The van der Waals surface area contributed by atoms with Gasteiger partial charge >= 0.3 is 6.18 Å². The number of aromatic nitrogens is 2. The lowest BCUT2D eigenvalue weighted by atomic mass is 10.00. The summed E-state index contributed by atoms with van der Waals surface area (Å²) in [4.78, 5) is 14.4. The van der Waals surface area contributed by atoms with E-state index in [-0.39, 0.29) is 46.5 Å². The SMILES string of the molecule is Cc1cc(-c2c(-c3ccc(F)cc3)nc(C(F)(F)F)n2CC[C@@H](O)C[C@@H](O)CC(=O)[O-])cc(C)c1F. The van der Waals surface area contributed by atoms with Crippen LogP contribution in [0.15, 0.2) is 36.4 Å². The minimum absolute atomic E-state index is 0.0115. The molecule has 0 spiro atoms. The smallest absolute Gasteiger partial charge is 0.449 e. The maximum absolute atomic E-state index is 14.3. The van der Waals surface area contributed by atoms with Crippen molar-refractivity contribution < 1.29 is 42.1 Å². The molecule has 3 rings (SSSR count). The summed E-state index contributed by atoms with van der Waals surface area (Å²) in [6.45, 7) is 2.53. The van der Waals surface area contributed by atoms with Crippen LogP contribution in [0.5, 0.6) is 0 Å². The molecular weight excluding hydrogens is 487 g/mol. The van der Waals surface area contributed by atoms with E-state index >= 15 is 0 Å². The van der Waals surface area contributed by atoms with Gasteiger partial charge in [0.05, 0.1) is 23.6 Å². The highest BCUT2D eigenvalue weighted by molar-refractivity contribution is 5.80. The van der Waals surface area contributed by atoms with Gasteiger partial charge in [-0.15, -0.1) is 0 Å². The van der Waals surface area contributed by atoms with Gasteiger partial charge in [-0.05, 0) is 74.2 Å². The second kappa shape index (κ2) is 10.8. The van der Waals surface area contributed by atoms with E-state index in [0.29, 0.717) is 0 Å². The van der Waals surface area contributed by atoms with Crippen molar-refractivity contribution >= 4 is 5.97 Å². The standard InChI is InChI=1S/C25H25F5N2O4/c1-13-9-16(10-14(2)21(13)27)23-22(15-3-5-17(26)6-4-15)31-24(25(28,29)30)32(23)8-7-18(33)11-19(34)12-20(35)36/h3-6,9-10,18-19,33-34H,7-8,11-12H2,1-2H3,(H,35,36)/p-1/t18-,19-/m1/s1. The molecule has 0 radical (unpaired) electrons. The lowest BCUT2D eigenvalue weighted by molar-refractivity contribution is -0.307. The van der Waals surface area contributed by atoms with Crippen LogP contribution in [-0.2, 0) is 17.5 Å². The molecule has 2 aromatic carbocycles. The highest BCUT2D eigenvalue weighted by Crippen LogP contribution is 2.40. The molecule has 0 aliphatic carbocycles. The molecule has 0 unspecified atom stereocenters. The molecular formula is C25H24F5N2O4-. The first-order valence-corrected chi connectivity index (χ1v) is 11.0. The average molecular weight is 511 g/mol. The quantitative estimate of drug-likeness (QED) is 0.427. The fraction of sp³-hybridized carbons (Fsp3) is 0.360. The van der Waals surface area contributed by atoms with Crippen molar-refractivity contribution in [1.29, 1.82) is 0 Å². The van der Waals surface area contributed by atoms with Crippen LogP contribution in [0.3, 0.4) is 0 Å². The number of carboxylic acid groups (broad SMARTS) is 1. The lowest BCUT2D eigenvalue weighted by Gasteiger charge is -2.19. The van der Waals surface area contributed by atoms with Crippen LogP contribution in [0.25, 0.3) is 22.5 Å². The molecule has 0 aliphatic heterocycles. The van der Waals surface area contributed by atoms with Gasteiger partial charge in [0, 0.05) is 30.1 Å². The molecule has 0 aliphatic rings. The Labute approximate surface area is 203 Å². The number of carbonyl (C=O) groups is 1. The van der Waals surface area contributed by atoms with Gasteiger partial charge in [-0.1, -0.05) is 0 Å². The Balaban J connectivity index is 2.14. The zero-order chi connectivity index (χ0) is 26.8. The molecule has 3 aromatic rings. The van der Waals surface area contributed by atoms with E-state index in [0.717, 1.165) is 16.7 Å². The second-order valence-corrected chi connectivity index (χ2v) is 8.62. The number of aliphatic hydroxyl groups is 2. The Kier molecular flexibility index (Phi) is 8.15. The molecule has 2 atom stereocenters. The molecule has 0 amide bonds. The first kappa shape index (κ1) is 27.3. The summed E-state index contributed by atoms with van der Waals surface area (Å²) in [5, 5.41) is 30.6. The van der Waals surface area contributed by atoms with Crippen molar-refractivity contribution in [3.05, 3.63) is 65.0 Å². The number of halogens is 5. The number of carboxylic acids is 1. The lowest BCUT2D eigenvalue weighted by Crippen LogP contribution is -2.30. The molecule has 2 N–H and O–H groups in total. The molecule has 0 bridgehead atoms. The van der Waals surface area contributed by atoms with E-state index in [1.807, 2.05) is 0 Å². The van der Waals surface area contributed by atoms with Gasteiger partial charge in [0.1, 0.15) is 11.6 Å². The molecule has 36 heavy (non-hydrogen) atoms. The maximum atomic E-state index is 14.3. The number of aliphatic hydroxyl groups excluding tert-OH is 2. The zero-order valence-corrected chi connectivity index (χ0v) is 19.4. The number of rotatable bonds is 9. The Hall–Kier alpha value is -3.31. The first-order chi connectivity index (χ1) is 16.8. The normalized spacial score (nSPS) is 13.6. The number of carbonyl (C=O) groups excluding carboxylic acids is 1. The fourth-order valence-electron chi connectivity index (χ4n) is 4.06. The minimum Gasteiger partial charge on any atom is -0.550 e. The number of benzene rings is 2. The summed E-state index contributed by atoms with van der Waals surface area (Å²) >= 11 is 0. The minimum atomic E-state index is -4.91. The van der Waals surface area contributed by atoms with Crippen molar-refractivity contribution in [2.75, 3.05) is 0 Å². The fourth-order valence-corrected chi connectivity index (χ4v) is 4.06. The molecule has 0 fully saturated rings. The van der Waals surface area contributed by atoms with Gasteiger partial charge < -0.3 is 24.7 Å². The monoisotopic (exact) mass is 511 g/mol. The highest BCUT2D eigenvalue weighted by Gasteiger charge is 2.39. The second-order valence-electron chi connectivity index (χ2n) is 8.62. The average Bonchev–Trinajstić information content (AvgIpc) is 3.15. The zero-order valence-electron chi connectivity index (χ0n) is 19.4. The van der Waals surface area contributed by atoms with Crippen molar-refractivity contribution in [1.82, 2.24) is 9.55 Å². The number of aliphatic carboxylic acids is 1. The summed E-state index contributed by atoms with van der Waals surface area (Å²) < 4.78 is 70.8. The van der Waals surface area contributed by atoms with Gasteiger partial charge in [0.25, 0.3) is 0 Å². The predicted molar refractivity (Wildman–Crippen MR) is 118 cm³/mol. The van der Waals surface area contributed by atoms with Crippen LogP contribution in [-0.4, -0.2) is 37.9 Å². The van der Waals surface area contributed by atoms with Gasteiger partial charge in [-0.25, -0.2) is 13.8 Å². The third-order valence-electron chi connectivity index (χ3n) is 5.68. The Morgan fingerprint density at radius 3 is 2.14 bits per heavy atom. The largest absolute Gasteiger partial charge is 0.550 e. The van der Waals surface area contributed by atoms with E-state index in [9.17, 15) is 42.1 Å². The summed E-state index contributed by atoms with van der Waals surface area (Å²) in [7, 11) is 0. The molecule has 0 saturated heterocycles. The number of nitrogens with zero attached hydrogens (tertiary/aromatic N) is 2. The topological polar surface area (TPSA) is 98.4 Å². The van der Waals surface area contributed by atoms with Crippen molar-refractivity contribution in [2.24, 2.45) is 0 Å². The van der Waals surface area contributed by atoms with E-state index in [4.69, 9.17) is 0 Å². The Morgan fingerprint density at radius 2 is 1.61 bits per heavy atom. The maximum Gasteiger partial charge on any atom is 0.449 e. The molecule has 6 nitrogen and oxygen atoms in total. The summed E-state index contributed by atoms with van der Waals surface area (Å²) in [5.41, 5.74) is 0.700. The summed E-state index contributed by atoms with van der Waals surface area (Å²) in [6, 6.07) is 7.47. The highest BCUT2D eigenvalue weighted by atomic mass is 19.4. The van der Waals surface area contributed by atoms with E-state index in [1.165, 1.54) is 38.1 Å². The molecule has 0 saturated carbocycles. The summed E-state index contributed by atoms with van der Waals surface area (Å²) in [5.74, 6) is -3.92.